The van der Waals surface area contributed by atoms with Gasteiger partial charge in [-0.3, -0.25) is 28.8 Å². The molecule has 2 N–H and O–H groups in total. The molecule has 0 radical (unpaired) electrons. The van der Waals surface area contributed by atoms with Gasteiger partial charge in [-0.05, 0) is 87.0 Å². The molecule has 12 heteroatoms. The lowest BCUT2D eigenvalue weighted by molar-refractivity contribution is -0.197. The van der Waals surface area contributed by atoms with E-state index in [1.165, 1.54) is 5.57 Å². The normalized spacial score (nSPS) is 33.0. The van der Waals surface area contributed by atoms with E-state index in [1.54, 1.807) is 0 Å². The van der Waals surface area contributed by atoms with E-state index in [1.807, 2.05) is 13.0 Å². The molecule has 4 aliphatic carbocycles. The summed E-state index contributed by atoms with van der Waals surface area (Å²) >= 11 is 0. The van der Waals surface area contributed by atoms with Gasteiger partial charge in [-0.1, -0.05) is 25.8 Å². The first-order valence-electron chi connectivity index (χ1n) is 17.3. The van der Waals surface area contributed by atoms with Gasteiger partial charge in [0.15, 0.2) is 12.4 Å². The van der Waals surface area contributed by atoms with Crippen molar-refractivity contribution in [1.82, 2.24) is 10.4 Å². The third-order valence-electron chi connectivity index (χ3n) is 12.1. The minimum Gasteiger partial charge on any atom is -0.458 e. The summed E-state index contributed by atoms with van der Waals surface area (Å²) in [4.78, 5) is 89.8. The molecule has 0 aromatic rings. The van der Waals surface area contributed by atoms with E-state index in [2.05, 4.69) is 12.2 Å². The average molecular weight is 657 g/mol. The van der Waals surface area contributed by atoms with E-state index in [0.717, 1.165) is 32.1 Å². The van der Waals surface area contributed by atoms with Gasteiger partial charge in [0, 0.05) is 44.1 Å². The molecule has 47 heavy (non-hydrogen) atoms. The van der Waals surface area contributed by atoms with Gasteiger partial charge < -0.3 is 20.0 Å². The molecule has 1 saturated heterocycles. The summed E-state index contributed by atoms with van der Waals surface area (Å²) in [6.07, 6.45) is 9.29. The van der Waals surface area contributed by atoms with Crippen molar-refractivity contribution in [2.45, 2.75) is 122 Å². The Labute approximate surface area is 275 Å². The molecular formula is C35H48N2O10. The fourth-order valence-corrected chi connectivity index (χ4v) is 9.28. The Bertz CT molecular complexity index is 1340. The lowest BCUT2D eigenvalue weighted by Gasteiger charge is -2.58. The van der Waals surface area contributed by atoms with Crippen LogP contribution in [0.4, 0.5) is 0 Å². The summed E-state index contributed by atoms with van der Waals surface area (Å²) in [6, 6.07) is 0. The van der Waals surface area contributed by atoms with Gasteiger partial charge in [-0.2, -0.15) is 0 Å². The second-order valence-electron chi connectivity index (χ2n) is 14.6. The van der Waals surface area contributed by atoms with E-state index in [9.17, 15) is 38.7 Å². The van der Waals surface area contributed by atoms with Crippen molar-refractivity contribution in [2.75, 3.05) is 13.2 Å². The molecule has 258 valence electrons. The van der Waals surface area contributed by atoms with Gasteiger partial charge in [0.1, 0.15) is 5.60 Å². The number of hydrogen-bond acceptors (Lipinski definition) is 10. The maximum atomic E-state index is 13.4. The Morgan fingerprint density at radius 3 is 2.32 bits per heavy atom. The standard InChI is InChI=1S/C35H48N2O10/c1-33-16-13-23(38)20-22(33)7-8-24-25(33)14-17-34(2)26(24)15-18-35(34,45)27(39)21-46-31(43)12-9-28(40)36-19-5-3-4-6-32(44)47-37-29(41)10-11-30(37)42/h20,24-26,45H,3-19,21H2,1-2H3,(H,36,40). The molecule has 1 heterocycles. The van der Waals surface area contributed by atoms with Gasteiger partial charge in [0.2, 0.25) is 11.7 Å². The predicted molar refractivity (Wildman–Crippen MR) is 166 cm³/mol. The molecule has 3 saturated carbocycles. The molecule has 0 aromatic carbocycles. The summed E-state index contributed by atoms with van der Waals surface area (Å²) < 4.78 is 5.24. The fraction of sp³-hybridized carbons (Fsp3) is 0.743. The number of hydrogen-bond donors (Lipinski definition) is 2. The molecule has 5 aliphatic rings. The molecular weight excluding hydrogens is 608 g/mol. The predicted octanol–water partition coefficient (Wildman–Crippen LogP) is 3.43. The van der Waals surface area contributed by atoms with Crippen LogP contribution in [0.5, 0.6) is 0 Å². The number of carbonyl (C=O) groups is 7. The lowest BCUT2D eigenvalue weighted by Crippen LogP contribution is -2.58. The molecule has 0 aromatic heterocycles. The smallest absolute Gasteiger partial charge is 0.333 e. The number of unbranched alkanes of at least 4 members (excludes halogenated alkanes) is 2. The number of imide groups is 1. The number of fused-ring (bicyclic) bond motifs is 5. The van der Waals surface area contributed by atoms with Crippen molar-refractivity contribution in [1.29, 1.82) is 0 Å². The zero-order valence-electron chi connectivity index (χ0n) is 27.6. The topological polar surface area (TPSA) is 173 Å². The molecule has 1 aliphatic heterocycles. The minimum atomic E-state index is -1.57. The number of amides is 3. The largest absolute Gasteiger partial charge is 0.458 e. The first kappa shape index (κ1) is 34.9. The highest BCUT2D eigenvalue weighted by atomic mass is 16.7. The Morgan fingerprint density at radius 1 is 0.851 bits per heavy atom. The van der Waals surface area contributed by atoms with Gasteiger partial charge in [-0.25, -0.2) is 4.79 Å². The third-order valence-corrected chi connectivity index (χ3v) is 12.1. The van der Waals surface area contributed by atoms with E-state index < -0.39 is 47.2 Å². The number of Topliss-reactive ketones (excluding diaryl/α,β-unsaturated/α-hetero) is 1. The van der Waals surface area contributed by atoms with Gasteiger partial charge in [0.05, 0.1) is 6.42 Å². The molecule has 12 nitrogen and oxygen atoms in total. The highest BCUT2D eigenvalue weighted by Gasteiger charge is 2.66. The number of esters is 1. The minimum absolute atomic E-state index is 0.000600. The number of aliphatic hydroxyl groups is 1. The van der Waals surface area contributed by atoms with Gasteiger partial charge >= 0.3 is 11.9 Å². The summed E-state index contributed by atoms with van der Waals surface area (Å²) in [5.41, 5.74) is -0.900. The summed E-state index contributed by atoms with van der Waals surface area (Å²) in [7, 11) is 0. The number of allylic oxidation sites excluding steroid dienone is 1. The van der Waals surface area contributed by atoms with Crippen LogP contribution >= 0.6 is 0 Å². The molecule has 0 spiro atoms. The van der Waals surface area contributed by atoms with Crippen LogP contribution in [-0.2, 0) is 43.1 Å². The van der Waals surface area contributed by atoms with Crippen LogP contribution in [0.1, 0.15) is 117 Å². The van der Waals surface area contributed by atoms with E-state index in [0.29, 0.717) is 62.0 Å². The van der Waals surface area contributed by atoms with Gasteiger partial charge in [-0.15, -0.1) is 5.06 Å². The SMILES string of the molecule is CC12CCC(=O)C=C1CCC1C2CCC2(C)C1CCC2(O)C(=O)COC(=O)CCC(=O)NCCCCCC(=O)ON1C(=O)CCC1=O. The molecule has 6 unspecified atom stereocenters. The Kier molecular flexibility index (Phi) is 10.4. The van der Waals surface area contributed by atoms with Crippen LogP contribution in [0.25, 0.3) is 0 Å². The fourth-order valence-electron chi connectivity index (χ4n) is 9.28. The first-order chi connectivity index (χ1) is 22.3. The number of nitrogens with one attached hydrogen (secondary N) is 1. The lowest BCUT2D eigenvalue weighted by atomic mass is 9.46. The quantitative estimate of drug-likeness (QED) is 0.170. The van der Waals surface area contributed by atoms with E-state index in [4.69, 9.17) is 9.57 Å². The monoisotopic (exact) mass is 656 g/mol. The number of rotatable bonds is 13. The van der Waals surface area contributed by atoms with Crippen LogP contribution in [-0.4, -0.2) is 70.1 Å². The molecule has 3 amide bonds. The molecule has 4 fully saturated rings. The number of hydroxylamine groups is 2. The Balaban J connectivity index is 0.990. The van der Waals surface area contributed by atoms with Crippen molar-refractivity contribution in [3.8, 4) is 0 Å². The van der Waals surface area contributed by atoms with Crippen molar-refractivity contribution >= 4 is 41.2 Å². The van der Waals surface area contributed by atoms with Crippen molar-refractivity contribution in [3.63, 3.8) is 0 Å². The van der Waals surface area contributed by atoms with Crippen LogP contribution in [0.15, 0.2) is 11.6 Å². The second-order valence-corrected chi connectivity index (χ2v) is 14.6. The Hall–Kier alpha value is -3.41. The maximum absolute atomic E-state index is 13.4. The van der Waals surface area contributed by atoms with E-state index >= 15 is 0 Å². The second kappa shape index (κ2) is 14.0. The third kappa shape index (κ3) is 6.93. The van der Waals surface area contributed by atoms with E-state index in [-0.39, 0.29) is 55.1 Å². The highest BCUT2D eigenvalue weighted by Crippen LogP contribution is 2.67. The molecule has 6 atom stereocenters. The van der Waals surface area contributed by atoms with Crippen molar-refractivity contribution in [3.05, 3.63) is 11.6 Å². The summed E-state index contributed by atoms with van der Waals surface area (Å²) in [6.45, 7) is 4.13. The zero-order chi connectivity index (χ0) is 34.0. The molecule has 5 rings (SSSR count). The number of ether oxygens (including phenoxy) is 1. The number of carbonyl (C=O) groups excluding carboxylic acids is 7. The van der Waals surface area contributed by atoms with Gasteiger partial charge in [0.25, 0.3) is 11.8 Å². The Morgan fingerprint density at radius 2 is 1.57 bits per heavy atom. The summed E-state index contributed by atoms with van der Waals surface area (Å²) in [5, 5.41) is 15.1. The number of nitrogens with zero attached hydrogens (tertiary/aromatic N) is 1. The molecule has 0 bridgehead atoms. The first-order valence-corrected chi connectivity index (χ1v) is 17.3. The van der Waals surface area contributed by atoms with Crippen molar-refractivity contribution in [2.24, 2.45) is 28.6 Å². The highest BCUT2D eigenvalue weighted by molar-refractivity contribution is 6.01. The van der Waals surface area contributed by atoms with Crippen LogP contribution in [0, 0.1) is 28.6 Å². The van der Waals surface area contributed by atoms with Crippen LogP contribution in [0.2, 0.25) is 0 Å². The average Bonchev–Trinajstić information content (AvgIpc) is 3.51. The zero-order valence-corrected chi connectivity index (χ0v) is 27.6. The van der Waals surface area contributed by atoms with Crippen LogP contribution in [0.3, 0.4) is 0 Å². The van der Waals surface area contributed by atoms with Crippen molar-refractivity contribution < 1.29 is 48.2 Å². The summed E-state index contributed by atoms with van der Waals surface area (Å²) in [5.74, 6) is -2.00. The van der Waals surface area contributed by atoms with Crippen LogP contribution < -0.4 is 5.32 Å². The maximum Gasteiger partial charge on any atom is 0.333 e. The number of ketones is 2.